The van der Waals surface area contributed by atoms with Gasteiger partial charge in [-0.15, -0.1) is 0 Å². The second-order valence-electron chi connectivity index (χ2n) is 4.34. The molecule has 1 aromatic carbocycles. The quantitative estimate of drug-likeness (QED) is 0.900. The maximum atomic E-state index is 12.8. The van der Waals surface area contributed by atoms with Crippen molar-refractivity contribution < 1.29 is 13.2 Å². The van der Waals surface area contributed by atoms with Gasteiger partial charge >= 0.3 is 6.18 Å². The van der Waals surface area contributed by atoms with Crippen molar-refractivity contribution in [2.75, 3.05) is 11.9 Å². The van der Waals surface area contributed by atoms with Crippen molar-refractivity contribution in [2.24, 2.45) is 0 Å². The van der Waals surface area contributed by atoms with E-state index in [1.54, 1.807) is 12.1 Å². The van der Waals surface area contributed by atoms with Crippen LogP contribution in [0.2, 0.25) is 0 Å². The number of nitrogens with zero attached hydrogens (tertiary/aromatic N) is 1. The molecule has 1 aromatic heterocycles. The summed E-state index contributed by atoms with van der Waals surface area (Å²) in [5.41, 5.74) is -0.839. The lowest BCUT2D eigenvalue weighted by Gasteiger charge is -2.15. The molecule has 2 rings (SSSR count). The van der Waals surface area contributed by atoms with Crippen LogP contribution in [0, 0.1) is 0 Å². The van der Waals surface area contributed by atoms with Gasteiger partial charge in [0.1, 0.15) is 5.69 Å². The molecule has 1 N–H and O–H groups in total. The summed E-state index contributed by atoms with van der Waals surface area (Å²) >= 11 is 3.30. The van der Waals surface area contributed by atoms with Crippen LogP contribution in [0.3, 0.4) is 0 Å². The molecule has 21 heavy (non-hydrogen) atoms. The highest BCUT2D eigenvalue weighted by Crippen LogP contribution is 2.28. The zero-order chi connectivity index (χ0) is 15.5. The van der Waals surface area contributed by atoms with Gasteiger partial charge in [-0.2, -0.15) is 13.2 Å². The highest BCUT2D eigenvalue weighted by Gasteiger charge is 2.33. The topological polar surface area (TPSA) is 34.0 Å². The minimum absolute atomic E-state index is 0.0684. The maximum absolute atomic E-state index is 12.8. The van der Waals surface area contributed by atoms with Crippen LogP contribution >= 0.6 is 15.9 Å². The number of nitrogens with one attached hydrogen (secondary N) is 1. The molecule has 2 aromatic rings. The lowest BCUT2D eigenvalue weighted by molar-refractivity contribution is -0.144. The summed E-state index contributed by atoms with van der Waals surface area (Å²) in [4.78, 5) is 11.6. The molecule has 0 aliphatic rings. The molecule has 0 unspecified atom stereocenters. The van der Waals surface area contributed by atoms with Crippen LogP contribution in [0.1, 0.15) is 5.69 Å². The molecular formula is C14H12BrF3N2O. The van der Waals surface area contributed by atoms with E-state index in [9.17, 15) is 18.0 Å². The summed E-state index contributed by atoms with van der Waals surface area (Å²) in [5, 5.41) is 2.98. The Labute approximate surface area is 127 Å². The first-order valence-corrected chi connectivity index (χ1v) is 6.94. The molecule has 0 aliphatic carbocycles. The second-order valence-corrected chi connectivity index (χ2v) is 5.25. The third-order valence-electron chi connectivity index (χ3n) is 2.83. The van der Waals surface area contributed by atoms with Crippen LogP contribution in [-0.4, -0.2) is 11.1 Å². The number of halogens is 4. The Hall–Kier alpha value is -1.76. The van der Waals surface area contributed by atoms with E-state index in [0.29, 0.717) is 0 Å². The minimum atomic E-state index is -4.55. The summed E-state index contributed by atoms with van der Waals surface area (Å²) in [7, 11) is 0. The molecule has 3 nitrogen and oxygen atoms in total. The molecule has 0 bridgehead atoms. The van der Waals surface area contributed by atoms with Gasteiger partial charge in [-0.3, -0.25) is 4.79 Å². The molecule has 0 amide bonds. The normalized spacial score (nSPS) is 11.4. The van der Waals surface area contributed by atoms with Crippen LogP contribution in [0.25, 0.3) is 0 Å². The van der Waals surface area contributed by atoms with Gasteiger partial charge in [0.2, 0.25) is 0 Å². The average Bonchev–Trinajstić information content (AvgIpc) is 2.39. The molecule has 0 atom stereocenters. The van der Waals surface area contributed by atoms with Gasteiger partial charge in [-0.25, -0.2) is 0 Å². The van der Waals surface area contributed by atoms with Crippen molar-refractivity contribution in [3.63, 3.8) is 0 Å². The Morgan fingerprint density at radius 3 is 2.52 bits per heavy atom. The van der Waals surface area contributed by atoms with E-state index >= 15 is 0 Å². The molecule has 0 saturated carbocycles. The molecule has 0 spiro atoms. The number of aromatic nitrogens is 1. The van der Waals surface area contributed by atoms with Gasteiger partial charge in [-0.1, -0.05) is 28.1 Å². The fourth-order valence-corrected chi connectivity index (χ4v) is 2.31. The molecule has 112 valence electrons. The highest BCUT2D eigenvalue weighted by molar-refractivity contribution is 9.10. The third-order valence-corrected chi connectivity index (χ3v) is 3.32. The highest BCUT2D eigenvalue weighted by atomic mass is 79.9. The monoisotopic (exact) mass is 360 g/mol. The van der Waals surface area contributed by atoms with Crippen molar-refractivity contribution in [3.05, 3.63) is 63.0 Å². The largest absolute Gasteiger partial charge is 0.431 e. The molecule has 0 saturated heterocycles. The van der Waals surface area contributed by atoms with Gasteiger partial charge in [0.25, 0.3) is 5.56 Å². The fraction of sp³-hybridized carbons (Fsp3) is 0.214. The van der Waals surface area contributed by atoms with Crippen LogP contribution in [-0.2, 0) is 12.7 Å². The number of alkyl halides is 3. The molecule has 0 radical (unpaired) electrons. The van der Waals surface area contributed by atoms with E-state index in [1.807, 2.05) is 12.1 Å². The average molecular weight is 361 g/mol. The van der Waals surface area contributed by atoms with Crippen molar-refractivity contribution in [1.29, 1.82) is 0 Å². The number of rotatable bonds is 4. The predicted molar refractivity (Wildman–Crippen MR) is 78.3 cm³/mol. The number of hydrogen-bond donors (Lipinski definition) is 1. The predicted octanol–water partition coefficient (Wildman–Crippen LogP) is 3.74. The van der Waals surface area contributed by atoms with Crippen LogP contribution in [0.15, 0.2) is 51.7 Å². The first-order chi connectivity index (χ1) is 9.88. The van der Waals surface area contributed by atoms with Crippen LogP contribution < -0.4 is 10.9 Å². The number of anilines is 1. The SMILES string of the molecule is O=c1cccc(C(F)(F)F)n1CCNc1cccc(Br)c1. The molecule has 7 heteroatoms. The summed E-state index contributed by atoms with van der Waals surface area (Å²) in [6, 6.07) is 10.4. The van der Waals surface area contributed by atoms with E-state index in [2.05, 4.69) is 21.2 Å². The van der Waals surface area contributed by atoms with Crippen molar-refractivity contribution in [3.8, 4) is 0 Å². The summed E-state index contributed by atoms with van der Waals surface area (Å²) in [6.07, 6.45) is -4.55. The van der Waals surface area contributed by atoms with E-state index in [4.69, 9.17) is 0 Å². The fourth-order valence-electron chi connectivity index (χ4n) is 1.91. The summed E-state index contributed by atoms with van der Waals surface area (Å²) < 4.78 is 40.1. The zero-order valence-electron chi connectivity index (χ0n) is 10.8. The van der Waals surface area contributed by atoms with Gasteiger partial charge in [0.05, 0.1) is 0 Å². The van der Waals surface area contributed by atoms with E-state index in [1.165, 1.54) is 0 Å². The van der Waals surface area contributed by atoms with Gasteiger partial charge < -0.3 is 9.88 Å². The summed E-state index contributed by atoms with van der Waals surface area (Å²) in [6.45, 7) is 0.143. The Morgan fingerprint density at radius 1 is 1.14 bits per heavy atom. The molecule has 1 heterocycles. The number of pyridine rings is 1. The standard InChI is InChI=1S/C14H12BrF3N2O/c15-10-3-1-4-11(9-10)19-7-8-20-12(14(16,17)18)5-2-6-13(20)21/h1-6,9,19H,7-8H2. The lowest BCUT2D eigenvalue weighted by Crippen LogP contribution is -2.29. The van der Waals surface area contributed by atoms with Gasteiger partial charge in [0.15, 0.2) is 0 Å². The first-order valence-electron chi connectivity index (χ1n) is 6.14. The van der Waals surface area contributed by atoms with Gasteiger partial charge in [-0.05, 0) is 24.3 Å². The Morgan fingerprint density at radius 2 is 1.86 bits per heavy atom. The maximum Gasteiger partial charge on any atom is 0.431 e. The van der Waals surface area contributed by atoms with Crippen molar-refractivity contribution in [1.82, 2.24) is 4.57 Å². The van der Waals surface area contributed by atoms with E-state index in [-0.39, 0.29) is 13.1 Å². The first kappa shape index (κ1) is 15.6. The van der Waals surface area contributed by atoms with Crippen LogP contribution in [0.4, 0.5) is 18.9 Å². The van der Waals surface area contributed by atoms with E-state index < -0.39 is 17.4 Å². The van der Waals surface area contributed by atoms with E-state index in [0.717, 1.165) is 32.9 Å². The molecule has 0 aliphatic heterocycles. The molecule has 0 fully saturated rings. The zero-order valence-corrected chi connectivity index (χ0v) is 12.4. The Bertz CT molecular complexity index is 682. The van der Waals surface area contributed by atoms with Crippen LogP contribution in [0.5, 0.6) is 0 Å². The minimum Gasteiger partial charge on any atom is -0.383 e. The van der Waals surface area contributed by atoms with Crippen molar-refractivity contribution >= 4 is 21.6 Å². The second kappa shape index (κ2) is 6.34. The Balaban J connectivity index is 2.12. The summed E-state index contributed by atoms with van der Waals surface area (Å²) in [5.74, 6) is 0. The van der Waals surface area contributed by atoms with Gasteiger partial charge in [0, 0.05) is 29.3 Å². The molecular weight excluding hydrogens is 349 g/mol. The third kappa shape index (κ3) is 4.10. The number of hydrogen-bond acceptors (Lipinski definition) is 2. The lowest BCUT2D eigenvalue weighted by atomic mass is 10.3. The smallest absolute Gasteiger partial charge is 0.383 e. The number of benzene rings is 1. The Kier molecular flexibility index (Phi) is 4.72. The van der Waals surface area contributed by atoms with Crippen molar-refractivity contribution in [2.45, 2.75) is 12.7 Å².